The van der Waals surface area contributed by atoms with E-state index in [1.165, 1.54) is 31.5 Å². The van der Waals surface area contributed by atoms with E-state index in [9.17, 15) is 0 Å². The summed E-state index contributed by atoms with van der Waals surface area (Å²) < 4.78 is 0. The third-order valence-corrected chi connectivity index (χ3v) is 4.85. The number of hydrogen-bond acceptors (Lipinski definition) is 2. The summed E-state index contributed by atoms with van der Waals surface area (Å²) in [5, 5.41) is 3.58. The van der Waals surface area contributed by atoms with Crippen molar-refractivity contribution in [2.24, 2.45) is 11.3 Å². The summed E-state index contributed by atoms with van der Waals surface area (Å²) in [4.78, 5) is 2.72. The van der Waals surface area contributed by atoms with E-state index >= 15 is 0 Å². The quantitative estimate of drug-likeness (QED) is 0.878. The molecule has 2 nitrogen and oxygen atoms in total. The van der Waals surface area contributed by atoms with Crippen LogP contribution in [-0.2, 0) is 0 Å². The Morgan fingerprint density at radius 3 is 2.33 bits per heavy atom. The molecule has 0 amide bonds. The fourth-order valence-corrected chi connectivity index (χ4v) is 3.94. The summed E-state index contributed by atoms with van der Waals surface area (Å²) in [6.07, 6.45) is 2.67. The minimum atomic E-state index is 0.403. The van der Waals surface area contributed by atoms with Crippen LogP contribution in [0.4, 0.5) is 0 Å². The lowest BCUT2D eigenvalue weighted by Crippen LogP contribution is -2.52. The van der Waals surface area contributed by atoms with Crippen molar-refractivity contribution >= 4 is 0 Å². The van der Waals surface area contributed by atoms with Gasteiger partial charge in [0.25, 0.3) is 0 Å². The van der Waals surface area contributed by atoms with E-state index in [0.29, 0.717) is 23.4 Å². The summed E-state index contributed by atoms with van der Waals surface area (Å²) >= 11 is 0. The van der Waals surface area contributed by atoms with E-state index in [2.05, 4.69) is 75.3 Å². The maximum atomic E-state index is 3.58. The third-order valence-electron chi connectivity index (χ3n) is 4.85. The summed E-state index contributed by atoms with van der Waals surface area (Å²) in [6, 6.07) is 11.9. The maximum absolute atomic E-state index is 3.58. The fraction of sp³-hybridized carbons (Fsp3) is 0.684. The van der Waals surface area contributed by atoms with E-state index in [1.54, 1.807) is 0 Å². The minimum Gasteiger partial charge on any atom is -0.312 e. The first-order valence-corrected chi connectivity index (χ1v) is 8.41. The van der Waals surface area contributed by atoms with Crippen molar-refractivity contribution in [3.63, 3.8) is 0 Å². The first kappa shape index (κ1) is 16.5. The second-order valence-corrected chi connectivity index (χ2v) is 7.65. The zero-order valence-corrected chi connectivity index (χ0v) is 14.4. The molecule has 1 aliphatic rings. The molecule has 1 N–H and O–H groups in total. The van der Waals surface area contributed by atoms with Crippen LogP contribution in [0, 0.1) is 11.3 Å². The average molecular weight is 288 g/mol. The van der Waals surface area contributed by atoms with Gasteiger partial charge < -0.3 is 5.32 Å². The number of piperidine rings is 1. The summed E-state index contributed by atoms with van der Waals surface area (Å²) in [7, 11) is 2.10. The predicted molar refractivity (Wildman–Crippen MR) is 91.5 cm³/mol. The first-order chi connectivity index (χ1) is 9.94. The standard InChI is InChI=1S/C19H32N2/c1-15(2)18(21-13-9-12-19(3,4)14-21)17(20-5)16-10-7-6-8-11-16/h6-8,10-11,15,17-18,20H,9,12-14H2,1-5H3. The largest absolute Gasteiger partial charge is 0.312 e. The molecule has 1 aliphatic heterocycles. The Kier molecular flexibility index (Phi) is 5.45. The number of likely N-dealkylation sites (N-methyl/N-ethyl adjacent to an activating group) is 1. The lowest BCUT2D eigenvalue weighted by atomic mass is 9.81. The summed E-state index contributed by atoms with van der Waals surface area (Å²) in [5.41, 5.74) is 1.85. The van der Waals surface area contributed by atoms with Crippen molar-refractivity contribution in [2.75, 3.05) is 20.1 Å². The topological polar surface area (TPSA) is 15.3 Å². The van der Waals surface area contributed by atoms with E-state index < -0.39 is 0 Å². The van der Waals surface area contributed by atoms with Crippen molar-refractivity contribution in [3.05, 3.63) is 35.9 Å². The van der Waals surface area contributed by atoms with Gasteiger partial charge in [0.1, 0.15) is 0 Å². The van der Waals surface area contributed by atoms with Gasteiger partial charge in [-0.05, 0) is 43.3 Å². The molecule has 1 fully saturated rings. The Hall–Kier alpha value is -0.860. The molecule has 2 heteroatoms. The molecule has 1 aromatic rings. The number of nitrogens with zero attached hydrogens (tertiary/aromatic N) is 1. The Labute approximate surface area is 130 Å². The van der Waals surface area contributed by atoms with Crippen LogP contribution < -0.4 is 5.32 Å². The van der Waals surface area contributed by atoms with Crippen molar-refractivity contribution < 1.29 is 0 Å². The smallest absolute Gasteiger partial charge is 0.0478 e. The molecule has 21 heavy (non-hydrogen) atoms. The van der Waals surface area contributed by atoms with Gasteiger partial charge in [0.15, 0.2) is 0 Å². The van der Waals surface area contributed by atoms with Gasteiger partial charge in [-0.3, -0.25) is 4.90 Å². The first-order valence-electron chi connectivity index (χ1n) is 8.41. The molecule has 1 heterocycles. The zero-order valence-electron chi connectivity index (χ0n) is 14.4. The number of rotatable bonds is 5. The van der Waals surface area contributed by atoms with Crippen LogP contribution in [-0.4, -0.2) is 31.1 Å². The number of benzene rings is 1. The lowest BCUT2D eigenvalue weighted by molar-refractivity contribution is 0.0406. The summed E-state index contributed by atoms with van der Waals surface area (Å²) in [6.45, 7) is 12.0. The minimum absolute atomic E-state index is 0.403. The van der Waals surface area contributed by atoms with Gasteiger partial charge in [0.2, 0.25) is 0 Å². The molecule has 2 unspecified atom stereocenters. The van der Waals surface area contributed by atoms with E-state index in [1.807, 2.05) is 0 Å². The molecule has 0 aliphatic carbocycles. The normalized spacial score (nSPS) is 22.2. The SMILES string of the molecule is CNC(c1ccccc1)C(C(C)C)N1CCCC(C)(C)C1. The van der Waals surface area contributed by atoms with Crippen molar-refractivity contribution in [1.82, 2.24) is 10.2 Å². The molecule has 2 rings (SSSR count). The lowest BCUT2D eigenvalue weighted by Gasteiger charge is -2.46. The molecule has 0 saturated carbocycles. The molecule has 2 atom stereocenters. The number of nitrogens with one attached hydrogen (secondary N) is 1. The number of hydrogen-bond donors (Lipinski definition) is 1. The monoisotopic (exact) mass is 288 g/mol. The van der Waals surface area contributed by atoms with Crippen LogP contribution in [0.5, 0.6) is 0 Å². The van der Waals surface area contributed by atoms with Gasteiger partial charge in [-0.15, -0.1) is 0 Å². The van der Waals surface area contributed by atoms with Crippen molar-refractivity contribution in [1.29, 1.82) is 0 Å². The highest BCUT2D eigenvalue weighted by molar-refractivity contribution is 5.21. The Balaban J connectivity index is 2.25. The molecule has 1 saturated heterocycles. The fourth-order valence-electron chi connectivity index (χ4n) is 3.94. The third kappa shape index (κ3) is 4.08. The van der Waals surface area contributed by atoms with Crippen LogP contribution in [0.25, 0.3) is 0 Å². The van der Waals surface area contributed by atoms with Gasteiger partial charge in [0.05, 0.1) is 0 Å². The van der Waals surface area contributed by atoms with Crippen molar-refractivity contribution in [2.45, 2.75) is 52.6 Å². The molecular weight excluding hydrogens is 256 g/mol. The molecule has 0 radical (unpaired) electrons. The highest BCUT2D eigenvalue weighted by Crippen LogP contribution is 2.34. The highest BCUT2D eigenvalue weighted by atomic mass is 15.2. The molecule has 0 aromatic heterocycles. The van der Waals surface area contributed by atoms with Crippen LogP contribution >= 0.6 is 0 Å². The summed E-state index contributed by atoms with van der Waals surface area (Å²) in [5.74, 6) is 0.636. The average Bonchev–Trinajstić information content (AvgIpc) is 2.44. The van der Waals surface area contributed by atoms with Gasteiger partial charge >= 0.3 is 0 Å². The maximum Gasteiger partial charge on any atom is 0.0478 e. The van der Waals surface area contributed by atoms with E-state index in [0.717, 1.165) is 0 Å². The molecular formula is C19H32N2. The molecule has 1 aromatic carbocycles. The van der Waals surface area contributed by atoms with Crippen molar-refractivity contribution in [3.8, 4) is 0 Å². The second kappa shape index (κ2) is 6.93. The van der Waals surface area contributed by atoms with E-state index in [4.69, 9.17) is 0 Å². The van der Waals surface area contributed by atoms with Gasteiger partial charge in [0, 0.05) is 18.6 Å². The predicted octanol–water partition coefficient (Wildman–Crippen LogP) is 4.09. The second-order valence-electron chi connectivity index (χ2n) is 7.65. The van der Waals surface area contributed by atoms with Crippen LogP contribution in [0.15, 0.2) is 30.3 Å². The van der Waals surface area contributed by atoms with E-state index in [-0.39, 0.29) is 0 Å². The Morgan fingerprint density at radius 2 is 1.81 bits per heavy atom. The molecule has 0 spiro atoms. The molecule has 0 bridgehead atoms. The van der Waals surface area contributed by atoms with Gasteiger partial charge in [-0.2, -0.15) is 0 Å². The highest BCUT2D eigenvalue weighted by Gasteiger charge is 2.35. The van der Waals surface area contributed by atoms with Crippen LogP contribution in [0.2, 0.25) is 0 Å². The van der Waals surface area contributed by atoms with Crippen LogP contribution in [0.3, 0.4) is 0 Å². The van der Waals surface area contributed by atoms with Gasteiger partial charge in [-0.1, -0.05) is 58.0 Å². The number of likely N-dealkylation sites (tertiary alicyclic amines) is 1. The molecule has 118 valence electrons. The Bertz CT molecular complexity index is 424. The zero-order chi connectivity index (χ0) is 15.5. The van der Waals surface area contributed by atoms with Crippen LogP contribution in [0.1, 0.15) is 52.1 Å². The van der Waals surface area contributed by atoms with Gasteiger partial charge in [-0.25, -0.2) is 0 Å². The Morgan fingerprint density at radius 1 is 1.14 bits per heavy atom.